The average Bonchev–Trinajstić information content (AvgIpc) is 2.50. The van der Waals surface area contributed by atoms with E-state index in [1.807, 2.05) is 13.0 Å². The van der Waals surface area contributed by atoms with Crippen molar-refractivity contribution in [3.05, 3.63) is 22.3 Å². The lowest BCUT2D eigenvalue weighted by atomic mass is 10.3. The van der Waals surface area contributed by atoms with Crippen molar-refractivity contribution in [3.63, 3.8) is 0 Å². The summed E-state index contributed by atoms with van der Waals surface area (Å²) in [4.78, 5) is 17.4. The van der Waals surface area contributed by atoms with Crippen molar-refractivity contribution < 1.29 is 4.79 Å². The molecule has 0 spiro atoms. The second-order valence-corrected chi connectivity index (χ2v) is 4.61. The molecule has 0 aliphatic carbocycles. The molecule has 1 atom stereocenters. The predicted molar refractivity (Wildman–Crippen MR) is 61.6 cm³/mol. The summed E-state index contributed by atoms with van der Waals surface area (Å²) in [6.07, 6.45) is 2.12. The summed E-state index contributed by atoms with van der Waals surface area (Å²) in [5, 5.41) is 0. The maximum atomic E-state index is 11.6. The number of nitrogens with zero attached hydrogens (tertiary/aromatic N) is 2. The first-order valence-electron chi connectivity index (χ1n) is 4.76. The molecule has 1 saturated heterocycles. The Labute approximate surface area is 96.6 Å². The third kappa shape index (κ3) is 2.03. The van der Waals surface area contributed by atoms with Crippen LogP contribution in [-0.2, 0) is 4.79 Å². The van der Waals surface area contributed by atoms with Gasteiger partial charge in [-0.3, -0.25) is 9.69 Å². The summed E-state index contributed by atoms with van der Waals surface area (Å²) in [7, 11) is 0. The van der Waals surface area contributed by atoms with Crippen molar-refractivity contribution in [2.75, 3.05) is 11.4 Å². The number of hydrogen-bond donors (Lipinski definition) is 1. The van der Waals surface area contributed by atoms with Crippen LogP contribution in [0, 0.1) is 6.92 Å². The Morgan fingerprint density at radius 2 is 2.40 bits per heavy atom. The second-order valence-electron chi connectivity index (χ2n) is 3.76. The molecule has 0 aromatic carbocycles. The largest absolute Gasteiger partial charge is 0.326 e. The van der Waals surface area contributed by atoms with Crippen molar-refractivity contribution in [2.24, 2.45) is 5.73 Å². The van der Waals surface area contributed by atoms with Crippen molar-refractivity contribution in [1.29, 1.82) is 0 Å². The van der Waals surface area contributed by atoms with Crippen LogP contribution < -0.4 is 10.6 Å². The van der Waals surface area contributed by atoms with Gasteiger partial charge in [-0.2, -0.15) is 0 Å². The summed E-state index contributed by atoms with van der Waals surface area (Å²) in [5.41, 5.74) is 6.78. The number of anilines is 1. The molecule has 1 aliphatic rings. The molecule has 4 nitrogen and oxygen atoms in total. The van der Waals surface area contributed by atoms with Gasteiger partial charge in [0.15, 0.2) is 0 Å². The highest BCUT2D eigenvalue weighted by Crippen LogP contribution is 2.23. The molecule has 1 unspecified atom stereocenters. The SMILES string of the molecule is Cc1cc(N2CC(N)CC2=O)ncc1Br. The van der Waals surface area contributed by atoms with Gasteiger partial charge in [0.2, 0.25) is 5.91 Å². The number of hydrogen-bond acceptors (Lipinski definition) is 3. The number of nitrogens with two attached hydrogens (primary N) is 1. The van der Waals surface area contributed by atoms with Gasteiger partial charge in [-0.1, -0.05) is 0 Å². The van der Waals surface area contributed by atoms with E-state index in [2.05, 4.69) is 20.9 Å². The maximum Gasteiger partial charge on any atom is 0.229 e. The molecule has 2 N–H and O–H groups in total. The Balaban J connectivity index is 2.30. The van der Waals surface area contributed by atoms with E-state index in [0.717, 1.165) is 10.0 Å². The van der Waals surface area contributed by atoms with E-state index in [1.165, 1.54) is 0 Å². The van der Waals surface area contributed by atoms with Gasteiger partial charge in [-0.05, 0) is 34.5 Å². The molecule has 0 saturated carbocycles. The first-order valence-corrected chi connectivity index (χ1v) is 5.55. The smallest absolute Gasteiger partial charge is 0.229 e. The first kappa shape index (κ1) is 10.6. The van der Waals surface area contributed by atoms with Gasteiger partial charge in [-0.25, -0.2) is 4.98 Å². The number of rotatable bonds is 1. The van der Waals surface area contributed by atoms with Crippen LogP contribution >= 0.6 is 15.9 Å². The quantitative estimate of drug-likeness (QED) is 0.834. The minimum absolute atomic E-state index is 0.0525. The summed E-state index contributed by atoms with van der Waals surface area (Å²) in [6.45, 7) is 2.53. The summed E-state index contributed by atoms with van der Waals surface area (Å²) < 4.78 is 0.946. The van der Waals surface area contributed by atoms with E-state index in [-0.39, 0.29) is 11.9 Å². The van der Waals surface area contributed by atoms with E-state index in [9.17, 15) is 4.79 Å². The molecule has 2 rings (SSSR count). The van der Waals surface area contributed by atoms with Crippen LogP contribution in [0.2, 0.25) is 0 Å². The monoisotopic (exact) mass is 269 g/mol. The van der Waals surface area contributed by atoms with Crippen molar-refractivity contribution in [1.82, 2.24) is 4.98 Å². The van der Waals surface area contributed by atoms with Gasteiger partial charge in [0, 0.05) is 29.7 Å². The van der Waals surface area contributed by atoms with E-state index in [1.54, 1.807) is 11.1 Å². The molecule has 0 bridgehead atoms. The minimum Gasteiger partial charge on any atom is -0.326 e. The second kappa shape index (κ2) is 3.90. The summed E-state index contributed by atoms with van der Waals surface area (Å²) in [6, 6.07) is 1.82. The zero-order valence-electron chi connectivity index (χ0n) is 8.40. The van der Waals surface area contributed by atoms with Crippen LogP contribution in [0.25, 0.3) is 0 Å². The van der Waals surface area contributed by atoms with Crippen molar-refractivity contribution in [3.8, 4) is 0 Å². The Hall–Kier alpha value is -0.940. The van der Waals surface area contributed by atoms with Gasteiger partial charge in [0.1, 0.15) is 5.82 Å². The highest BCUT2D eigenvalue weighted by Gasteiger charge is 2.28. The standard InChI is InChI=1S/C10H12BrN3O/c1-6-2-9(13-4-8(6)11)14-5-7(12)3-10(14)15/h2,4,7H,3,5,12H2,1H3. The molecule has 1 aromatic rings. The van der Waals surface area contributed by atoms with Crippen LogP contribution in [0.3, 0.4) is 0 Å². The van der Waals surface area contributed by atoms with Gasteiger partial charge in [-0.15, -0.1) is 0 Å². The fourth-order valence-electron chi connectivity index (χ4n) is 1.63. The number of pyridine rings is 1. The summed E-state index contributed by atoms with van der Waals surface area (Å²) >= 11 is 3.37. The lowest BCUT2D eigenvalue weighted by Gasteiger charge is -2.15. The predicted octanol–water partition coefficient (Wildman–Crippen LogP) is 1.22. The molecule has 1 amide bonds. The lowest BCUT2D eigenvalue weighted by molar-refractivity contribution is -0.117. The van der Waals surface area contributed by atoms with Gasteiger partial charge in [0.25, 0.3) is 0 Å². The Morgan fingerprint density at radius 1 is 1.67 bits per heavy atom. The molecule has 5 heteroatoms. The zero-order valence-corrected chi connectivity index (χ0v) is 9.99. The minimum atomic E-state index is -0.0664. The fourth-order valence-corrected chi connectivity index (χ4v) is 1.85. The van der Waals surface area contributed by atoms with Crippen LogP contribution in [0.5, 0.6) is 0 Å². The number of halogens is 1. The Kier molecular flexibility index (Phi) is 2.75. The van der Waals surface area contributed by atoms with E-state index in [4.69, 9.17) is 5.73 Å². The fraction of sp³-hybridized carbons (Fsp3) is 0.400. The molecular formula is C10H12BrN3O. The number of aromatic nitrogens is 1. The number of aryl methyl sites for hydroxylation is 1. The van der Waals surface area contributed by atoms with E-state index in [0.29, 0.717) is 18.8 Å². The van der Waals surface area contributed by atoms with Crippen LogP contribution in [0.15, 0.2) is 16.7 Å². The van der Waals surface area contributed by atoms with Crippen molar-refractivity contribution in [2.45, 2.75) is 19.4 Å². The number of carbonyl (C=O) groups is 1. The molecule has 1 aromatic heterocycles. The van der Waals surface area contributed by atoms with Gasteiger partial charge >= 0.3 is 0 Å². The molecule has 15 heavy (non-hydrogen) atoms. The van der Waals surface area contributed by atoms with E-state index >= 15 is 0 Å². The topological polar surface area (TPSA) is 59.2 Å². The third-order valence-electron chi connectivity index (χ3n) is 2.46. The third-order valence-corrected chi connectivity index (χ3v) is 3.29. The number of carbonyl (C=O) groups excluding carboxylic acids is 1. The van der Waals surface area contributed by atoms with Gasteiger partial charge in [0.05, 0.1) is 0 Å². The molecule has 0 radical (unpaired) electrons. The maximum absolute atomic E-state index is 11.6. The summed E-state index contributed by atoms with van der Waals surface area (Å²) in [5.74, 6) is 0.741. The van der Waals surface area contributed by atoms with E-state index < -0.39 is 0 Å². The van der Waals surface area contributed by atoms with Crippen LogP contribution in [0.4, 0.5) is 5.82 Å². The van der Waals surface area contributed by atoms with Crippen LogP contribution in [0.1, 0.15) is 12.0 Å². The molecule has 80 valence electrons. The highest BCUT2D eigenvalue weighted by molar-refractivity contribution is 9.10. The van der Waals surface area contributed by atoms with Crippen molar-refractivity contribution >= 4 is 27.7 Å². The molecule has 2 heterocycles. The average molecular weight is 270 g/mol. The molecule has 1 fully saturated rings. The van der Waals surface area contributed by atoms with Crippen LogP contribution in [-0.4, -0.2) is 23.5 Å². The number of amides is 1. The lowest BCUT2D eigenvalue weighted by Crippen LogP contribution is -2.28. The van der Waals surface area contributed by atoms with Gasteiger partial charge < -0.3 is 5.73 Å². The first-order chi connectivity index (χ1) is 7.08. The normalized spacial score (nSPS) is 21.1. The molecular weight excluding hydrogens is 258 g/mol. The molecule has 1 aliphatic heterocycles. The zero-order chi connectivity index (χ0) is 11.0. The Morgan fingerprint density at radius 3 is 2.93 bits per heavy atom. The Bertz CT molecular complexity index is 408. The highest BCUT2D eigenvalue weighted by atomic mass is 79.9.